The predicted octanol–water partition coefficient (Wildman–Crippen LogP) is 4.47. The van der Waals surface area contributed by atoms with Crippen LogP contribution in [0.15, 0.2) is 35.1 Å². The largest absolute Gasteiger partial charge is 0.458 e. The van der Waals surface area contributed by atoms with Crippen molar-refractivity contribution < 1.29 is 32.9 Å². The molecular formula is C33H29F2N3O6. The monoisotopic (exact) mass is 601 g/mol. The van der Waals surface area contributed by atoms with E-state index in [1.807, 2.05) is 6.07 Å². The molecular weight excluding hydrogens is 572 g/mol. The number of carbonyl (C=O) groups excluding carboxylic acids is 1. The van der Waals surface area contributed by atoms with E-state index in [-0.39, 0.29) is 48.7 Å². The minimum absolute atomic E-state index is 0.0301. The Labute approximate surface area is 250 Å². The van der Waals surface area contributed by atoms with Gasteiger partial charge in [-0.3, -0.25) is 4.79 Å². The number of fused-ring (bicyclic) bond motifs is 6. The molecule has 4 aliphatic rings. The fourth-order valence-corrected chi connectivity index (χ4v) is 7.11. The van der Waals surface area contributed by atoms with Crippen molar-refractivity contribution in [1.29, 1.82) is 0 Å². The van der Waals surface area contributed by atoms with E-state index in [0.717, 1.165) is 29.4 Å². The van der Waals surface area contributed by atoms with Crippen molar-refractivity contribution in [3.05, 3.63) is 80.1 Å². The molecule has 8 rings (SSSR count). The number of pyridine rings is 2. The standard InChI is InChI=1S/C33H29F2N3O6/c1-2-33(41)22-12-26-29-20(14-38(26)31(39)21(22)15-42-32(33)40)18(19-11-27-28(44-16-43-27)13-25(19)36-29)6-5-17-9-23(34)30(24(35)10-17)37-7-3-4-8-37/h9-13,41H,2-8,14-16H2,1H3/t33-/m0/s1. The topological polar surface area (TPSA) is 103 Å². The second-order valence-electron chi connectivity index (χ2n) is 11.8. The highest BCUT2D eigenvalue weighted by atomic mass is 19.1. The Morgan fingerprint density at radius 1 is 0.955 bits per heavy atom. The Balaban J connectivity index is 1.25. The highest BCUT2D eigenvalue weighted by Crippen LogP contribution is 2.43. The number of aryl methyl sites for hydroxylation is 2. The molecule has 1 fully saturated rings. The Hall–Kier alpha value is -4.51. The number of nitrogens with zero attached hydrogens (tertiary/aromatic N) is 3. The lowest BCUT2D eigenvalue weighted by atomic mass is 9.86. The maximum absolute atomic E-state index is 15.2. The van der Waals surface area contributed by atoms with Gasteiger partial charge in [0.2, 0.25) is 6.79 Å². The van der Waals surface area contributed by atoms with Crippen molar-refractivity contribution in [2.45, 2.75) is 57.8 Å². The van der Waals surface area contributed by atoms with Crippen LogP contribution in [0.2, 0.25) is 0 Å². The molecule has 9 nitrogen and oxygen atoms in total. The number of aliphatic hydroxyl groups is 1. The summed E-state index contributed by atoms with van der Waals surface area (Å²) in [5.74, 6) is -0.814. The van der Waals surface area contributed by atoms with Crippen molar-refractivity contribution in [3.8, 4) is 22.9 Å². The van der Waals surface area contributed by atoms with E-state index in [0.29, 0.717) is 59.9 Å². The number of carbonyl (C=O) groups is 1. The summed E-state index contributed by atoms with van der Waals surface area (Å²) in [4.78, 5) is 33.0. The zero-order valence-corrected chi connectivity index (χ0v) is 24.0. The summed E-state index contributed by atoms with van der Waals surface area (Å²) in [7, 11) is 0. The first kappa shape index (κ1) is 27.1. The number of aromatic nitrogens is 2. The van der Waals surface area contributed by atoms with E-state index in [9.17, 15) is 14.7 Å². The molecule has 1 saturated heterocycles. The zero-order chi connectivity index (χ0) is 30.3. The number of hydrogen-bond acceptors (Lipinski definition) is 8. The fourth-order valence-electron chi connectivity index (χ4n) is 7.11. The fraction of sp³-hybridized carbons (Fsp3) is 0.364. The molecule has 44 heavy (non-hydrogen) atoms. The first-order valence-electron chi connectivity index (χ1n) is 14.9. The number of benzene rings is 2. The molecule has 6 heterocycles. The smallest absolute Gasteiger partial charge is 0.343 e. The van der Waals surface area contributed by atoms with Gasteiger partial charge in [-0.25, -0.2) is 18.6 Å². The van der Waals surface area contributed by atoms with E-state index in [1.54, 1.807) is 28.5 Å². The number of rotatable bonds is 5. The van der Waals surface area contributed by atoms with Gasteiger partial charge in [0, 0.05) is 35.7 Å². The third-order valence-electron chi connectivity index (χ3n) is 9.46. The van der Waals surface area contributed by atoms with E-state index in [1.165, 1.54) is 12.1 Å². The number of ether oxygens (including phenoxy) is 3. The van der Waals surface area contributed by atoms with Gasteiger partial charge in [-0.1, -0.05) is 6.92 Å². The van der Waals surface area contributed by atoms with Crippen LogP contribution in [0.3, 0.4) is 0 Å². The number of halogens is 2. The van der Waals surface area contributed by atoms with Gasteiger partial charge in [0.1, 0.15) is 23.9 Å². The first-order chi connectivity index (χ1) is 21.3. The van der Waals surface area contributed by atoms with Crippen molar-refractivity contribution in [3.63, 3.8) is 0 Å². The molecule has 0 amide bonds. The zero-order valence-electron chi connectivity index (χ0n) is 24.0. The summed E-state index contributed by atoms with van der Waals surface area (Å²) in [6.07, 6.45) is 2.61. The summed E-state index contributed by atoms with van der Waals surface area (Å²) < 4.78 is 48.4. The third kappa shape index (κ3) is 3.88. The van der Waals surface area contributed by atoms with Crippen molar-refractivity contribution in [2.24, 2.45) is 0 Å². The number of anilines is 1. The van der Waals surface area contributed by atoms with Gasteiger partial charge >= 0.3 is 5.97 Å². The van der Waals surface area contributed by atoms with Gasteiger partial charge in [-0.05, 0) is 67.5 Å². The predicted molar refractivity (Wildman–Crippen MR) is 156 cm³/mol. The lowest BCUT2D eigenvalue weighted by Crippen LogP contribution is -2.44. The van der Waals surface area contributed by atoms with E-state index in [2.05, 4.69) is 0 Å². The van der Waals surface area contributed by atoms with Crippen molar-refractivity contribution >= 4 is 22.6 Å². The second-order valence-corrected chi connectivity index (χ2v) is 11.8. The molecule has 11 heteroatoms. The van der Waals surface area contributed by atoms with Gasteiger partial charge in [-0.2, -0.15) is 0 Å². The molecule has 1 atom stereocenters. The Morgan fingerprint density at radius 3 is 2.41 bits per heavy atom. The molecule has 2 aromatic carbocycles. The van der Waals surface area contributed by atoms with Crippen LogP contribution >= 0.6 is 0 Å². The first-order valence-corrected chi connectivity index (χ1v) is 14.9. The molecule has 2 aromatic heterocycles. The molecule has 4 aliphatic heterocycles. The molecule has 0 aliphatic carbocycles. The van der Waals surface area contributed by atoms with Crippen LogP contribution in [-0.2, 0) is 41.1 Å². The second kappa shape index (κ2) is 9.75. The van der Waals surface area contributed by atoms with E-state index < -0.39 is 23.2 Å². The number of cyclic esters (lactones) is 1. The van der Waals surface area contributed by atoms with E-state index >= 15 is 8.78 Å². The minimum Gasteiger partial charge on any atom is -0.458 e. The Kier molecular flexibility index (Phi) is 6.00. The van der Waals surface area contributed by atoms with Crippen LogP contribution < -0.4 is 19.9 Å². The summed E-state index contributed by atoms with van der Waals surface area (Å²) in [6.45, 7) is 3.00. The van der Waals surface area contributed by atoms with Crippen LogP contribution in [0.1, 0.15) is 54.0 Å². The maximum atomic E-state index is 15.2. The lowest BCUT2D eigenvalue weighted by molar-refractivity contribution is -0.172. The number of hydrogen-bond donors (Lipinski definition) is 1. The van der Waals surface area contributed by atoms with Gasteiger partial charge in [-0.15, -0.1) is 0 Å². The normalized spacial score (nSPS) is 19.7. The van der Waals surface area contributed by atoms with Gasteiger partial charge in [0.15, 0.2) is 17.1 Å². The summed E-state index contributed by atoms with van der Waals surface area (Å²) in [6, 6.07) is 8.13. The highest BCUT2D eigenvalue weighted by Gasteiger charge is 2.45. The quantitative estimate of drug-likeness (QED) is 0.295. The molecule has 1 N–H and O–H groups in total. The lowest BCUT2D eigenvalue weighted by Gasteiger charge is -2.31. The molecule has 4 aromatic rings. The summed E-state index contributed by atoms with van der Waals surface area (Å²) in [5, 5.41) is 12.0. The third-order valence-corrected chi connectivity index (χ3v) is 9.46. The van der Waals surface area contributed by atoms with Crippen LogP contribution in [-0.4, -0.2) is 40.5 Å². The average Bonchev–Trinajstić information content (AvgIpc) is 3.77. The van der Waals surface area contributed by atoms with Crippen LogP contribution in [0.25, 0.3) is 22.3 Å². The van der Waals surface area contributed by atoms with Crippen molar-refractivity contribution in [2.75, 3.05) is 24.8 Å². The molecule has 0 spiro atoms. The summed E-state index contributed by atoms with van der Waals surface area (Å²) >= 11 is 0. The highest BCUT2D eigenvalue weighted by molar-refractivity contribution is 5.91. The Morgan fingerprint density at radius 2 is 1.68 bits per heavy atom. The minimum atomic E-state index is -1.94. The van der Waals surface area contributed by atoms with Crippen LogP contribution in [0.4, 0.5) is 14.5 Å². The molecule has 0 bridgehead atoms. The van der Waals surface area contributed by atoms with Crippen molar-refractivity contribution in [1.82, 2.24) is 9.55 Å². The number of esters is 1. The van der Waals surface area contributed by atoms with Gasteiger partial charge in [0.05, 0.1) is 29.0 Å². The van der Waals surface area contributed by atoms with Crippen LogP contribution in [0.5, 0.6) is 11.5 Å². The average molecular weight is 602 g/mol. The SMILES string of the molecule is CC[C@@]1(O)C(=O)OCc2c1cc1n(c2=O)Cc2c-1nc1cc3c(cc1c2CCc1cc(F)c(N2CCCC2)c(F)c1)OCO3. The molecule has 0 radical (unpaired) electrons. The molecule has 0 saturated carbocycles. The van der Waals surface area contributed by atoms with Gasteiger partial charge < -0.3 is 28.8 Å². The van der Waals surface area contributed by atoms with E-state index in [4.69, 9.17) is 19.2 Å². The van der Waals surface area contributed by atoms with Gasteiger partial charge in [0.25, 0.3) is 5.56 Å². The molecule has 226 valence electrons. The molecule has 0 unspecified atom stereocenters. The summed E-state index contributed by atoms with van der Waals surface area (Å²) in [5.41, 5.74) is 2.02. The Bertz CT molecular complexity index is 1950. The van der Waals surface area contributed by atoms with Crippen LogP contribution in [0, 0.1) is 11.6 Å². The maximum Gasteiger partial charge on any atom is 0.343 e.